The molecule has 7 nitrogen and oxygen atoms in total. The summed E-state index contributed by atoms with van der Waals surface area (Å²) in [5, 5.41) is 14.9. The van der Waals surface area contributed by atoms with E-state index in [1.165, 1.54) is 22.1 Å². The highest BCUT2D eigenvalue weighted by Gasteiger charge is 2.49. The van der Waals surface area contributed by atoms with E-state index in [0.29, 0.717) is 17.0 Å². The third-order valence-corrected chi connectivity index (χ3v) is 5.71. The second kappa shape index (κ2) is 4.76. The first-order valence-electron chi connectivity index (χ1n) is 7.78. The quantitative estimate of drug-likeness (QED) is 0.663. The number of carbonyl (C=O) groups excluding carboxylic acids is 1. The maximum atomic E-state index is 12.2. The van der Waals surface area contributed by atoms with Crippen LogP contribution in [-0.4, -0.2) is 36.9 Å². The highest BCUT2D eigenvalue weighted by molar-refractivity contribution is 8.03. The van der Waals surface area contributed by atoms with Crippen LogP contribution in [0.25, 0.3) is 11.8 Å². The van der Waals surface area contributed by atoms with Gasteiger partial charge in [-0.1, -0.05) is 0 Å². The van der Waals surface area contributed by atoms with Crippen LogP contribution in [0.5, 0.6) is 0 Å². The van der Waals surface area contributed by atoms with Crippen molar-refractivity contribution in [2.75, 3.05) is 0 Å². The second-order valence-corrected chi connectivity index (χ2v) is 7.02. The van der Waals surface area contributed by atoms with Crippen LogP contribution in [0.15, 0.2) is 27.2 Å². The zero-order valence-corrected chi connectivity index (χ0v) is 13.4. The van der Waals surface area contributed by atoms with E-state index in [1.807, 2.05) is 10.6 Å². The van der Waals surface area contributed by atoms with Gasteiger partial charge in [0.15, 0.2) is 0 Å². The topological polar surface area (TPSA) is 88.0 Å². The summed E-state index contributed by atoms with van der Waals surface area (Å²) in [5.74, 6) is -0.343. The molecular weight excluding hydrogens is 330 g/mol. The van der Waals surface area contributed by atoms with Crippen LogP contribution < -0.4 is 0 Å². The Hall–Kier alpha value is -2.48. The fraction of sp³-hybridized carbons (Fsp3) is 0.312. The van der Waals surface area contributed by atoms with Gasteiger partial charge in [-0.25, -0.2) is 9.31 Å². The van der Waals surface area contributed by atoms with Crippen molar-refractivity contribution >= 4 is 35.4 Å². The van der Waals surface area contributed by atoms with Crippen molar-refractivity contribution in [3.05, 3.63) is 39.9 Å². The normalized spacial score (nSPS) is 24.1. The number of carboxylic acid groups (broad SMARTS) is 1. The summed E-state index contributed by atoms with van der Waals surface area (Å²) in [6.45, 7) is 0. The minimum atomic E-state index is -1.08. The number of aryl methyl sites for hydroxylation is 2. The summed E-state index contributed by atoms with van der Waals surface area (Å²) >= 11 is 1.33. The van der Waals surface area contributed by atoms with Crippen molar-refractivity contribution in [3.63, 3.8) is 0 Å². The number of fused-ring (bicyclic) bond motifs is 4. The second-order valence-electron chi connectivity index (χ2n) is 6.07. The van der Waals surface area contributed by atoms with E-state index >= 15 is 0 Å². The van der Waals surface area contributed by atoms with E-state index in [9.17, 15) is 9.59 Å². The van der Waals surface area contributed by atoms with E-state index in [4.69, 9.17) is 9.52 Å². The Labute approximate surface area is 140 Å². The molecule has 2 aromatic rings. The predicted octanol–water partition coefficient (Wildman–Crippen LogP) is 2.03. The summed E-state index contributed by atoms with van der Waals surface area (Å²) in [4.78, 5) is 24.6. The fourth-order valence-electron chi connectivity index (χ4n) is 3.47. The van der Waals surface area contributed by atoms with Gasteiger partial charge in [-0.05, 0) is 25.3 Å². The Bertz CT molecular complexity index is 968. The van der Waals surface area contributed by atoms with Crippen LogP contribution >= 0.6 is 11.8 Å². The van der Waals surface area contributed by atoms with Crippen molar-refractivity contribution in [2.45, 2.75) is 31.1 Å². The third-order valence-electron chi connectivity index (χ3n) is 4.63. The molecule has 3 aliphatic rings. The number of aliphatic carboxylic acids is 1. The number of thioether (sulfide) groups is 1. The molecule has 8 heteroatoms. The van der Waals surface area contributed by atoms with Gasteiger partial charge in [-0.2, -0.15) is 5.10 Å². The first kappa shape index (κ1) is 13.9. The number of aromatic nitrogens is 2. The van der Waals surface area contributed by atoms with Gasteiger partial charge in [-0.3, -0.25) is 9.69 Å². The zero-order chi connectivity index (χ0) is 16.4. The van der Waals surface area contributed by atoms with Crippen molar-refractivity contribution in [1.29, 1.82) is 0 Å². The van der Waals surface area contributed by atoms with E-state index in [0.717, 1.165) is 37.1 Å². The highest BCUT2D eigenvalue weighted by atomic mass is 32.2. The Morgan fingerprint density at radius 2 is 2.25 bits per heavy atom. The van der Waals surface area contributed by atoms with Crippen LogP contribution in [0.4, 0.5) is 0 Å². The molecule has 1 aliphatic carbocycles. The number of hydrogen-bond acceptors (Lipinski definition) is 5. The molecule has 2 aromatic heterocycles. The van der Waals surface area contributed by atoms with E-state index in [1.54, 1.807) is 6.08 Å². The molecule has 0 unspecified atom stereocenters. The molecule has 122 valence electrons. The summed E-state index contributed by atoms with van der Waals surface area (Å²) < 4.78 is 7.67. The van der Waals surface area contributed by atoms with Crippen molar-refractivity contribution in [1.82, 2.24) is 14.5 Å². The summed E-state index contributed by atoms with van der Waals surface area (Å²) in [6.07, 6.45) is 5.91. The van der Waals surface area contributed by atoms with Gasteiger partial charge in [0, 0.05) is 17.9 Å². The monoisotopic (exact) mass is 343 g/mol. The van der Waals surface area contributed by atoms with Crippen LogP contribution in [0.3, 0.4) is 0 Å². The predicted molar refractivity (Wildman–Crippen MR) is 86.0 cm³/mol. The summed E-state index contributed by atoms with van der Waals surface area (Å²) in [6, 6.07) is 1.83. The molecule has 1 saturated heterocycles. The molecule has 5 rings (SSSR count). The van der Waals surface area contributed by atoms with Crippen LogP contribution in [0.1, 0.15) is 30.0 Å². The summed E-state index contributed by atoms with van der Waals surface area (Å²) in [5.41, 5.74) is 3.09. The minimum absolute atomic E-state index is 0.0415. The molecule has 0 bridgehead atoms. The average molecular weight is 343 g/mol. The molecule has 1 atom stereocenters. The number of hydrogen-bond donors (Lipinski definition) is 1. The van der Waals surface area contributed by atoms with Crippen molar-refractivity contribution in [3.8, 4) is 0 Å². The number of carbonyl (C=O) groups is 2. The maximum Gasteiger partial charge on any atom is 0.353 e. The first-order chi connectivity index (χ1) is 11.6. The molecule has 4 heterocycles. The SMILES string of the molecule is O=C(O)C1=CS[C@@H]2/C(=C\c3cc4oc5c(n4n3)CCCC5)C(=O)N12. The lowest BCUT2D eigenvalue weighted by molar-refractivity contribution is -0.141. The number of oxazole rings is 1. The lowest BCUT2D eigenvalue weighted by Crippen LogP contribution is -2.51. The molecule has 24 heavy (non-hydrogen) atoms. The number of β-lactam (4-membered cyclic amide) rings is 1. The lowest BCUT2D eigenvalue weighted by atomic mass is 10.0. The lowest BCUT2D eigenvalue weighted by Gasteiger charge is -2.36. The van der Waals surface area contributed by atoms with Gasteiger partial charge < -0.3 is 9.52 Å². The van der Waals surface area contributed by atoms with Crippen LogP contribution in [-0.2, 0) is 22.4 Å². The average Bonchev–Trinajstić information content (AvgIpc) is 3.22. The molecule has 2 aliphatic heterocycles. The summed E-state index contributed by atoms with van der Waals surface area (Å²) in [7, 11) is 0. The maximum absolute atomic E-state index is 12.2. The molecule has 0 radical (unpaired) electrons. The van der Waals surface area contributed by atoms with E-state index < -0.39 is 5.97 Å². The van der Waals surface area contributed by atoms with Crippen molar-refractivity contribution < 1.29 is 19.1 Å². The highest BCUT2D eigenvalue weighted by Crippen LogP contribution is 2.45. The number of rotatable bonds is 2. The molecule has 0 spiro atoms. The Kier molecular flexibility index (Phi) is 2.76. The molecule has 0 aromatic carbocycles. The Morgan fingerprint density at radius 1 is 1.42 bits per heavy atom. The third kappa shape index (κ3) is 1.77. The molecule has 1 amide bonds. The van der Waals surface area contributed by atoms with Crippen LogP contribution in [0.2, 0.25) is 0 Å². The zero-order valence-electron chi connectivity index (χ0n) is 12.6. The van der Waals surface area contributed by atoms with Gasteiger partial charge in [0.1, 0.15) is 16.8 Å². The molecule has 0 saturated carbocycles. The smallest absolute Gasteiger partial charge is 0.353 e. The molecule has 1 N–H and O–H groups in total. The first-order valence-corrected chi connectivity index (χ1v) is 8.72. The van der Waals surface area contributed by atoms with Crippen molar-refractivity contribution in [2.24, 2.45) is 0 Å². The Morgan fingerprint density at radius 3 is 3.08 bits per heavy atom. The van der Waals surface area contributed by atoms with Crippen LogP contribution in [0, 0.1) is 0 Å². The van der Waals surface area contributed by atoms with Gasteiger partial charge in [0.05, 0.1) is 17.0 Å². The number of carboxylic acids is 1. The largest absolute Gasteiger partial charge is 0.477 e. The molecule has 1 fully saturated rings. The Balaban J connectivity index is 1.47. The minimum Gasteiger partial charge on any atom is -0.477 e. The number of nitrogens with zero attached hydrogens (tertiary/aromatic N) is 3. The fourth-order valence-corrected chi connectivity index (χ4v) is 4.58. The van der Waals surface area contributed by atoms with Gasteiger partial charge >= 0.3 is 5.97 Å². The van der Waals surface area contributed by atoms with Gasteiger partial charge in [0.25, 0.3) is 5.91 Å². The van der Waals surface area contributed by atoms with E-state index in [-0.39, 0.29) is 17.0 Å². The van der Waals surface area contributed by atoms with Gasteiger partial charge in [0.2, 0.25) is 5.71 Å². The van der Waals surface area contributed by atoms with E-state index in [2.05, 4.69) is 5.10 Å². The van der Waals surface area contributed by atoms with Gasteiger partial charge in [-0.15, -0.1) is 11.8 Å². The number of amides is 1. The standard InChI is InChI=1S/C16H13N3O4S/c20-14-9(15-18(14)11(7-24-15)16(21)22)5-8-6-13-19(17-8)10-3-1-2-4-12(10)23-13/h5-7,15H,1-4H2,(H,21,22)/b9-5-/t15-/m1/s1. The molecular formula is C16H13N3O4S.